The number of ether oxygens (including phenoxy) is 1. The van der Waals surface area contributed by atoms with Crippen molar-refractivity contribution in [3.8, 4) is 17.1 Å². The maximum atomic E-state index is 11.9. The molecule has 7 nitrogen and oxygen atoms in total. The van der Waals surface area contributed by atoms with Crippen molar-refractivity contribution in [2.24, 2.45) is 0 Å². The molecule has 0 bridgehead atoms. The molecular formula is C18H15ClN4O3. The number of nitrogens with zero attached hydrogens (tertiary/aromatic N) is 3. The lowest BCUT2D eigenvalue weighted by molar-refractivity contribution is 0.243. The predicted octanol–water partition coefficient (Wildman–Crippen LogP) is 3.63. The summed E-state index contributed by atoms with van der Waals surface area (Å²) in [4.78, 5) is 19.1. The van der Waals surface area contributed by atoms with Crippen molar-refractivity contribution in [3.05, 3.63) is 63.9 Å². The number of halogens is 1. The Balaban J connectivity index is 1.54. The first-order valence-electron chi connectivity index (χ1n) is 8.08. The number of benzene rings is 2. The van der Waals surface area contributed by atoms with Gasteiger partial charge in [0.2, 0.25) is 5.82 Å². The van der Waals surface area contributed by atoms with Gasteiger partial charge in [0.15, 0.2) is 6.61 Å². The van der Waals surface area contributed by atoms with Crippen LogP contribution in [-0.4, -0.2) is 19.7 Å². The van der Waals surface area contributed by atoms with Crippen LogP contribution in [0, 0.1) is 0 Å². The topological polar surface area (TPSA) is 85.9 Å². The molecule has 0 saturated carbocycles. The van der Waals surface area contributed by atoms with Gasteiger partial charge in [0.25, 0.3) is 5.89 Å². The zero-order valence-electron chi connectivity index (χ0n) is 13.9. The molecule has 0 aliphatic heterocycles. The van der Waals surface area contributed by atoms with Gasteiger partial charge < -0.3 is 14.2 Å². The largest absolute Gasteiger partial charge is 0.484 e. The molecule has 2 aromatic heterocycles. The van der Waals surface area contributed by atoms with Crippen LogP contribution in [0.2, 0.25) is 5.02 Å². The fourth-order valence-corrected chi connectivity index (χ4v) is 2.85. The number of aromatic amines is 1. The minimum atomic E-state index is -0.134. The Bertz CT molecular complexity index is 1110. The van der Waals surface area contributed by atoms with Gasteiger partial charge in [-0.25, -0.2) is 4.79 Å². The fraction of sp³-hybridized carbons (Fsp3) is 0.167. The molecule has 2 aromatic carbocycles. The normalized spacial score (nSPS) is 11.2. The Kier molecular flexibility index (Phi) is 4.22. The van der Waals surface area contributed by atoms with E-state index in [0.29, 0.717) is 29.0 Å². The van der Waals surface area contributed by atoms with E-state index in [2.05, 4.69) is 15.1 Å². The maximum Gasteiger partial charge on any atom is 0.326 e. The summed E-state index contributed by atoms with van der Waals surface area (Å²) >= 11 is 5.84. The Hall–Kier alpha value is -3.06. The van der Waals surface area contributed by atoms with E-state index in [1.807, 2.05) is 25.1 Å². The van der Waals surface area contributed by atoms with Gasteiger partial charge in [-0.05, 0) is 49.4 Å². The second-order valence-corrected chi connectivity index (χ2v) is 6.10. The minimum absolute atomic E-state index is 0.134. The SMILES string of the molecule is CCn1c(=O)[nH]c2cc(-c3noc(COc4ccc(Cl)cc4)n3)ccc21. The number of hydrogen-bond donors (Lipinski definition) is 1. The molecule has 2 heterocycles. The summed E-state index contributed by atoms with van der Waals surface area (Å²) in [5, 5.41) is 4.62. The molecule has 4 rings (SSSR count). The average Bonchev–Trinajstić information content (AvgIpc) is 3.24. The summed E-state index contributed by atoms with van der Waals surface area (Å²) in [6.07, 6.45) is 0. The first-order chi connectivity index (χ1) is 12.6. The van der Waals surface area contributed by atoms with Crippen LogP contribution >= 0.6 is 11.6 Å². The lowest BCUT2D eigenvalue weighted by Gasteiger charge is -2.02. The molecule has 0 unspecified atom stereocenters. The van der Waals surface area contributed by atoms with Crippen molar-refractivity contribution in [1.82, 2.24) is 19.7 Å². The highest BCUT2D eigenvalue weighted by Crippen LogP contribution is 2.22. The second-order valence-electron chi connectivity index (χ2n) is 5.66. The van der Waals surface area contributed by atoms with Crippen LogP contribution in [0.5, 0.6) is 5.75 Å². The molecule has 0 amide bonds. The van der Waals surface area contributed by atoms with E-state index in [9.17, 15) is 4.79 Å². The smallest absolute Gasteiger partial charge is 0.326 e. The monoisotopic (exact) mass is 370 g/mol. The van der Waals surface area contributed by atoms with Crippen molar-refractivity contribution in [2.45, 2.75) is 20.1 Å². The van der Waals surface area contributed by atoms with E-state index in [4.69, 9.17) is 20.9 Å². The first kappa shape index (κ1) is 16.4. The Morgan fingerprint density at radius 3 is 2.81 bits per heavy atom. The number of imidazole rings is 1. The van der Waals surface area contributed by atoms with Crippen LogP contribution in [-0.2, 0) is 13.2 Å². The quantitative estimate of drug-likeness (QED) is 0.579. The number of nitrogens with one attached hydrogen (secondary N) is 1. The van der Waals surface area contributed by atoms with Crippen LogP contribution in [0.4, 0.5) is 0 Å². The average molecular weight is 371 g/mol. The van der Waals surface area contributed by atoms with Crippen molar-refractivity contribution in [1.29, 1.82) is 0 Å². The van der Waals surface area contributed by atoms with Gasteiger partial charge in [-0.3, -0.25) is 4.57 Å². The molecule has 0 atom stereocenters. The van der Waals surface area contributed by atoms with E-state index >= 15 is 0 Å². The van der Waals surface area contributed by atoms with Gasteiger partial charge in [-0.1, -0.05) is 16.8 Å². The van der Waals surface area contributed by atoms with Crippen molar-refractivity contribution in [2.75, 3.05) is 0 Å². The van der Waals surface area contributed by atoms with Crippen LogP contribution in [0.15, 0.2) is 51.8 Å². The van der Waals surface area contributed by atoms with Gasteiger partial charge in [0, 0.05) is 17.1 Å². The summed E-state index contributed by atoms with van der Waals surface area (Å²) in [6, 6.07) is 12.6. The highest BCUT2D eigenvalue weighted by atomic mass is 35.5. The molecule has 0 aliphatic rings. The summed E-state index contributed by atoms with van der Waals surface area (Å²) in [7, 11) is 0. The van der Waals surface area contributed by atoms with Gasteiger partial charge in [0.1, 0.15) is 5.75 Å². The number of rotatable bonds is 5. The molecule has 132 valence electrons. The maximum absolute atomic E-state index is 11.9. The number of hydrogen-bond acceptors (Lipinski definition) is 5. The van der Waals surface area contributed by atoms with Crippen molar-refractivity contribution < 1.29 is 9.26 Å². The van der Waals surface area contributed by atoms with E-state index in [1.165, 1.54) is 0 Å². The highest BCUT2D eigenvalue weighted by Gasteiger charge is 2.12. The molecule has 0 fully saturated rings. The molecule has 26 heavy (non-hydrogen) atoms. The lowest BCUT2D eigenvalue weighted by Crippen LogP contribution is -2.14. The first-order valence-corrected chi connectivity index (χ1v) is 8.45. The zero-order chi connectivity index (χ0) is 18.1. The standard InChI is InChI=1S/C18H15ClN4O3/c1-2-23-15-8-3-11(9-14(15)20-18(23)24)17-21-16(26-22-17)10-25-13-6-4-12(19)5-7-13/h3-9H,2,10H2,1H3,(H,20,24). The summed E-state index contributed by atoms with van der Waals surface area (Å²) in [5.74, 6) is 1.45. The second kappa shape index (κ2) is 6.68. The number of H-pyrrole nitrogens is 1. The van der Waals surface area contributed by atoms with Gasteiger partial charge in [-0.2, -0.15) is 4.98 Å². The van der Waals surface area contributed by atoms with Gasteiger partial charge in [0.05, 0.1) is 11.0 Å². The molecule has 0 aliphatic carbocycles. The minimum Gasteiger partial charge on any atom is -0.484 e. The Labute approximate surface area is 153 Å². The number of fused-ring (bicyclic) bond motifs is 1. The molecule has 8 heteroatoms. The van der Waals surface area contributed by atoms with Crippen molar-refractivity contribution in [3.63, 3.8) is 0 Å². The van der Waals surface area contributed by atoms with Crippen molar-refractivity contribution >= 4 is 22.6 Å². The molecule has 4 aromatic rings. The van der Waals surface area contributed by atoms with E-state index < -0.39 is 0 Å². The molecule has 0 spiro atoms. The zero-order valence-corrected chi connectivity index (χ0v) is 14.7. The van der Waals surface area contributed by atoms with Crippen LogP contribution in [0.3, 0.4) is 0 Å². The summed E-state index contributed by atoms with van der Waals surface area (Å²) in [5.41, 5.74) is 2.20. The summed E-state index contributed by atoms with van der Waals surface area (Å²) in [6.45, 7) is 2.68. The summed E-state index contributed by atoms with van der Waals surface area (Å²) < 4.78 is 12.5. The molecule has 0 saturated heterocycles. The highest BCUT2D eigenvalue weighted by molar-refractivity contribution is 6.30. The predicted molar refractivity (Wildman–Crippen MR) is 97.3 cm³/mol. The molecule has 0 radical (unpaired) electrons. The fourth-order valence-electron chi connectivity index (χ4n) is 2.72. The molecule has 1 N–H and O–H groups in total. The van der Waals surface area contributed by atoms with E-state index in [1.54, 1.807) is 28.8 Å². The van der Waals surface area contributed by atoms with E-state index in [-0.39, 0.29) is 12.3 Å². The third-order valence-corrected chi connectivity index (χ3v) is 4.24. The Morgan fingerprint density at radius 1 is 1.23 bits per heavy atom. The third-order valence-electron chi connectivity index (χ3n) is 3.99. The van der Waals surface area contributed by atoms with Crippen LogP contribution < -0.4 is 10.4 Å². The van der Waals surface area contributed by atoms with E-state index in [0.717, 1.165) is 16.6 Å². The number of aryl methyl sites for hydroxylation is 1. The van der Waals surface area contributed by atoms with Crippen LogP contribution in [0.1, 0.15) is 12.8 Å². The van der Waals surface area contributed by atoms with Gasteiger partial charge in [-0.15, -0.1) is 0 Å². The molecular weight excluding hydrogens is 356 g/mol. The number of aromatic nitrogens is 4. The van der Waals surface area contributed by atoms with Crippen LogP contribution in [0.25, 0.3) is 22.4 Å². The lowest BCUT2D eigenvalue weighted by atomic mass is 10.2. The Morgan fingerprint density at radius 2 is 2.04 bits per heavy atom. The van der Waals surface area contributed by atoms with Gasteiger partial charge >= 0.3 is 5.69 Å². The third kappa shape index (κ3) is 3.09.